The van der Waals surface area contributed by atoms with Crippen molar-refractivity contribution >= 4 is 39.3 Å². The molecule has 2 atom stereocenters. The van der Waals surface area contributed by atoms with Crippen LogP contribution in [0.1, 0.15) is 42.6 Å². The number of aromatic nitrogens is 2. The van der Waals surface area contributed by atoms with E-state index in [1.165, 1.54) is 25.2 Å². The molecule has 0 aliphatic carbocycles. The summed E-state index contributed by atoms with van der Waals surface area (Å²) < 4.78 is 1.71. The highest BCUT2D eigenvalue weighted by molar-refractivity contribution is 7.20. The van der Waals surface area contributed by atoms with E-state index in [-0.39, 0.29) is 12.3 Å². The van der Waals surface area contributed by atoms with E-state index in [1.807, 2.05) is 6.92 Å². The number of nitrogens with zero attached hydrogens (tertiary/aromatic N) is 2. The molecule has 0 saturated carbocycles. The quantitative estimate of drug-likeness (QED) is 0.716. The number of aryl methyl sites for hydroxylation is 2. The molecule has 3 N–H and O–H groups in total. The Morgan fingerprint density at radius 1 is 1.44 bits per heavy atom. The summed E-state index contributed by atoms with van der Waals surface area (Å²) in [6.45, 7) is 6.49. The van der Waals surface area contributed by atoms with Crippen LogP contribution in [0.25, 0.3) is 10.2 Å². The predicted octanol–water partition coefficient (Wildman–Crippen LogP) is 1.43. The van der Waals surface area contributed by atoms with Crippen molar-refractivity contribution in [2.24, 2.45) is 7.05 Å². The summed E-state index contributed by atoms with van der Waals surface area (Å²) in [4.78, 5) is 37.2. The second-order valence-corrected chi connectivity index (χ2v) is 7.24. The Hall–Kier alpha value is -2.42. The van der Waals surface area contributed by atoms with E-state index in [9.17, 15) is 19.5 Å². The zero-order valence-electron chi connectivity index (χ0n) is 14.8. The molecule has 0 fully saturated rings. The van der Waals surface area contributed by atoms with Crippen molar-refractivity contribution in [1.29, 1.82) is 0 Å². The van der Waals surface area contributed by atoms with Crippen LogP contribution < -0.4 is 10.6 Å². The largest absolute Gasteiger partial charge is 0.480 e. The lowest BCUT2D eigenvalue weighted by atomic mass is 9.99. The molecule has 2 aromatic heterocycles. The molecule has 0 bridgehead atoms. The first-order chi connectivity index (χ1) is 11.6. The molecule has 2 heterocycles. The molecular weight excluding hydrogens is 344 g/mol. The Bertz CT molecular complexity index is 806. The predicted molar refractivity (Wildman–Crippen MR) is 94.7 cm³/mol. The highest BCUT2D eigenvalue weighted by atomic mass is 32.1. The normalized spacial score (nSPS) is 14.8. The van der Waals surface area contributed by atoms with Gasteiger partial charge in [0.1, 0.15) is 16.4 Å². The molecule has 0 saturated heterocycles. The third-order valence-corrected chi connectivity index (χ3v) is 5.44. The van der Waals surface area contributed by atoms with E-state index in [0.717, 1.165) is 15.9 Å². The molecule has 25 heavy (non-hydrogen) atoms. The minimum Gasteiger partial charge on any atom is -0.480 e. The van der Waals surface area contributed by atoms with Crippen molar-refractivity contribution in [3.8, 4) is 0 Å². The van der Waals surface area contributed by atoms with Gasteiger partial charge in [-0.1, -0.05) is 6.92 Å². The first-order valence-corrected chi connectivity index (χ1v) is 8.70. The van der Waals surface area contributed by atoms with Crippen LogP contribution in [0.4, 0.5) is 0 Å². The lowest BCUT2D eigenvalue weighted by Crippen LogP contribution is -2.56. The molecule has 8 nitrogen and oxygen atoms in total. The van der Waals surface area contributed by atoms with Crippen LogP contribution in [-0.2, 0) is 16.6 Å². The Morgan fingerprint density at radius 3 is 2.60 bits per heavy atom. The number of carboxylic acids is 1. The van der Waals surface area contributed by atoms with Gasteiger partial charge in [-0.2, -0.15) is 5.10 Å². The summed E-state index contributed by atoms with van der Waals surface area (Å²) in [5.41, 5.74) is -0.532. The van der Waals surface area contributed by atoms with E-state index in [2.05, 4.69) is 15.7 Å². The SMILES string of the molecule is CCC(C)(NC(=O)C(C)NC(=O)c1cc2c(C)nn(C)c2s1)C(=O)O. The number of fused-ring (bicyclic) bond motifs is 1. The van der Waals surface area contributed by atoms with Crippen LogP contribution in [0.5, 0.6) is 0 Å². The first kappa shape index (κ1) is 18.9. The molecule has 2 aromatic rings. The second-order valence-electron chi connectivity index (χ2n) is 6.21. The molecule has 2 rings (SSSR count). The highest BCUT2D eigenvalue weighted by Gasteiger charge is 2.34. The Kier molecular flexibility index (Phi) is 5.17. The molecule has 2 unspecified atom stereocenters. The monoisotopic (exact) mass is 366 g/mol. The van der Waals surface area contributed by atoms with Gasteiger partial charge in [0.05, 0.1) is 10.6 Å². The zero-order valence-corrected chi connectivity index (χ0v) is 15.7. The van der Waals surface area contributed by atoms with Gasteiger partial charge in [0.2, 0.25) is 5.91 Å². The zero-order chi connectivity index (χ0) is 18.9. The smallest absolute Gasteiger partial charge is 0.329 e. The van der Waals surface area contributed by atoms with Crippen molar-refractivity contribution < 1.29 is 19.5 Å². The summed E-state index contributed by atoms with van der Waals surface area (Å²) in [6.07, 6.45) is 0.233. The number of rotatable bonds is 6. The number of thiophene rings is 1. The van der Waals surface area contributed by atoms with Crippen molar-refractivity contribution in [2.45, 2.75) is 45.7 Å². The third kappa shape index (κ3) is 3.65. The van der Waals surface area contributed by atoms with Crippen molar-refractivity contribution in [3.05, 3.63) is 16.6 Å². The molecule has 2 amide bonds. The van der Waals surface area contributed by atoms with Gasteiger partial charge in [0, 0.05) is 12.4 Å². The molecule has 0 radical (unpaired) electrons. The molecule has 0 spiro atoms. The maximum Gasteiger partial charge on any atom is 0.329 e. The van der Waals surface area contributed by atoms with Gasteiger partial charge in [-0.3, -0.25) is 14.3 Å². The average molecular weight is 366 g/mol. The highest BCUT2D eigenvalue weighted by Crippen LogP contribution is 2.27. The number of hydrogen-bond donors (Lipinski definition) is 3. The fourth-order valence-electron chi connectivity index (χ4n) is 2.32. The van der Waals surface area contributed by atoms with Gasteiger partial charge in [0.25, 0.3) is 5.91 Å². The number of aliphatic carboxylic acids is 1. The molecule has 0 aliphatic heterocycles. The maximum atomic E-state index is 12.4. The summed E-state index contributed by atoms with van der Waals surface area (Å²) >= 11 is 1.29. The lowest BCUT2D eigenvalue weighted by molar-refractivity contribution is -0.147. The second kappa shape index (κ2) is 6.83. The Labute approximate surface area is 149 Å². The number of carbonyl (C=O) groups is 3. The molecular formula is C16H22N4O4S. The van der Waals surface area contributed by atoms with Crippen molar-refractivity contribution in [2.75, 3.05) is 0 Å². The van der Waals surface area contributed by atoms with Gasteiger partial charge in [-0.25, -0.2) is 4.79 Å². The number of nitrogens with one attached hydrogen (secondary N) is 2. The van der Waals surface area contributed by atoms with Crippen LogP contribution in [0.15, 0.2) is 6.07 Å². The van der Waals surface area contributed by atoms with E-state index < -0.39 is 23.5 Å². The standard InChI is InChI=1S/C16H22N4O4S/c1-6-16(4,15(23)24)18-12(21)9(3)17-13(22)11-7-10-8(2)19-20(5)14(10)25-11/h7,9H,6H2,1-5H3,(H,17,22)(H,18,21)(H,23,24). The van der Waals surface area contributed by atoms with E-state index in [1.54, 1.807) is 24.7 Å². The molecule has 9 heteroatoms. The lowest BCUT2D eigenvalue weighted by Gasteiger charge is -2.26. The van der Waals surface area contributed by atoms with E-state index >= 15 is 0 Å². The topological polar surface area (TPSA) is 113 Å². The first-order valence-electron chi connectivity index (χ1n) is 7.88. The molecule has 136 valence electrons. The minimum absolute atomic E-state index is 0.233. The van der Waals surface area contributed by atoms with Gasteiger partial charge in [-0.15, -0.1) is 11.3 Å². The Morgan fingerprint density at radius 2 is 2.08 bits per heavy atom. The van der Waals surface area contributed by atoms with Gasteiger partial charge >= 0.3 is 5.97 Å². The summed E-state index contributed by atoms with van der Waals surface area (Å²) in [5.74, 6) is -2.04. The number of hydrogen-bond acceptors (Lipinski definition) is 5. The van der Waals surface area contributed by atoms with Crippen molar-refractivity contribution in [1.82, 2.24) is 20.4 Å². The fourth-order valence-corrected chi connectivity index (χ4v) is 3.35. The van der Waals surface area contributed by atoms with E-state index in [4.69, 9.17) is 0 Å². The van der Waals surface area contributed by atoms with Crippen LogP contribution in [0, 0.1) is 6.92 Å². The van der Waals surface area contributed by atoms with E-state index in [0.29, 0.717) is 4.88 Å². The molecule has 0 aromatic carbocycles. The average Bonchev–Trinajstić information content (AvgIpc) is 3.09. The summed E-state index contributed by atoms with van der Waals surface area (Å²) in [6, 6.07) is 0.887. The Balaban J connectivity index is 2.09. The number of carbonyl (C=O) groups excluding carboxylic acids is 2. The van der Waals surface area contributed by atoms with Crippen LogP contribution in [-0.4, -0.2) is 44.3 Å². The van der Waals surface area contributed by atoms with Gasteiger partial charge in [-0.05, 0) is 33.3 Å². The number of carboxylic acid groups (broad SMARTS) is 1. The molecule has 0 aliphatic rings. The minimum atomic E-state index is -1.36. The van der Waals surface area contributed by atoms with Crippen LogP contribution in [0.3, 0.4) is 0 Å². The maximum absolute atomic E-state index is 12.4. The van der Waals surface area contributed by atoms with Crippen molar-refractivity contribution in [3.63, 3.8) is 0 Å². The summed E-state index contributed by atoms with van der Waals surface area (Å²) in [7, 11) is 1.81. The van der Waals surface area contributed by atoms with Gasteiger partial charge < -0.3 is 15.7 Å². The van der Waals surface area contributed by atoms with Crippen LogP contribution >= 0.6 is 11.3 Å². The summed E-state index contributed by atoms with van der Waals surface area (Å²) in [5, 5.41) is 19.5. The third-order valence-electron chi connectivity index (χ3n) is 4.24. The van der Waals surface area contributed by atoms with Gasteiger partial charge in [0.15, 0.2) is 0 Å². The van der Waals surface area contributed by atoms with Crippen LogP contribution in [0.2, 0.25) is 0 Å². The number of amides is 2. The fraction of sp³-hybridized carbons (Fsp3) is 0.500.